The number of esters is 1. The van der Waals surface area contributed by atoms with Crippen LogP contribution in [-0.2, 0) is 22.8 Å². The largest absolute Gasteiger partial charge is 0.540 e. The molecule has 3 heterocycles. The van der Waals surface area contributed by atoms with Crippen LogP contribution in [0.25, 0.3) is 0 Å². The van der Waals surface area contributed by atoms with E-state index in [9.17, 15) is 4.79 Å². The van der Waals surface area contributed by atoms with Crippen molar-refractivity contribution < 1.29 is 27.5 Å². The highest BCUT2D eigenvalue weighted by Gasteiger charge is 2.45. The first kappa shape index (κ1) is 17.4. The number of benzene rings is 1. The Balaban J connectivity index is 1.50. The van der Waals surface area contributed by atoms with Gasteiger partial charge in [0.05, 0.1) is 19.8 Å². The summed E-state index contributed by atoms with van der Waals surface area (Å²) in [6.45, 7) is 5.93. The van der Waals surface area contributed by atoms with Gasteiger partial charge in [-0.1, -0.05) is 18.2 Å². The first-order valence-electron chi connectivity index (χ1n) is 8.15. The van der Waals surface area contributed by atoms with Gasteiger partial charge in [0.15, 0.2) is 12.8 Å². The van der Waals surface area contributed by atoms with Gasteiger partial charge in [0.25, 0.3) is 0 Å². The molecule has 0 unspecified atom stereocenters. The fourth-order valence-corrected chi connectivity index (χ4v) is 4.69. The van der Waals surface area contributed by atoms with Crippen molar-refractivity contribution in [3.05, 3.63) is 29.8 Å². The van der Waals surface area contributed by atoms with Crippen LogP contribution in [0.2, 0.25) is 0 Å². The highest BCUT2D eigenvalue weighted by Crippen LogP contribution is 2.18. The molecule has 0 aliphatic carbocycles. The van der Waals surface area contributed by atoms with Gasteiger partial charge in [0, 0.05) is 19.6 Å². The molecule has 1 aromatic carbocycles. The summed E-state index contributed by atoms with van der Waals surface area (Å²) >= 11 is 0. The van der Waals surface area contributed by atoms with Gasteiger partial charge in [0.2, 0.25) is 0 Å². The van der Waals surface area contributed by atoms with Gasteiger partial charge >= 0.3 is 14.8 Å². The first-order valence-corrected chi connectivity index (χ1v) is 10.1. The summed E-state index contributed by atoms with van der Waals surface area (Å²) in [6, 6.07) is 7.53. The normalized spacial score (nSPS) is 27.0. The number of carbonyl (C=O) groups is 1. The minimum atomic E-state index is -2.93. The van der Waals surface area contributed by atoms with E-state index in [-0.39, 0.29) is 12.8 Å². The van der Waals surface area contributed by atoms with E-state index in [0.29, 0.717) is 25.6 Å². The van der Waals surface area contributed by atoms with Crippen LogP contribution in [-0.4, -0.2) is 72.0 Å². The zero-order chi connectivity index (χ0) is 16.8. The Hall–Kier alpha value is -1.45. The van der Waals surface area contributed by atoms with Crippen LogP contribution in [0.5, 0.6) is 5.75 Å². The molecule has 3 aliphatic heterocycles. The summed E-state index contributed by atoms with van der Waals surface area (Å²) in [5.41, 5.74) is 0.970. The van der Waals surface area contributed by atoms with Crippen molar-refractivity contribution in [2.75, 3.05) is 52.3 Å². The second kappa shape index (κ2) is 8.08. The lowest BCUT2D eigenvalue weighted by molar-refractivity contribution is -0.146. The number of carbonyl (C=O) groups excluding carboxylic acids is 1. The molecule has 0 spiro atoms. The average Bonchev–Trinajstić information content (AvgIpc) is 2.52. The lowest BCUT2D eigenvalue weighted by atomic mass is 10.2. The summed E-state index contributed by atoms with van der Waals surface area (Å²) in [5.74, 6) is 0.215. The van der Waals surface area contributed by atoms with Gasteiger partial charge in [-0.2, -0.15) is 0 Å². The Morgan fingerprint density at radius 3 is 2.38 bits per heavy atom. The van der Waals surface area contributed by atoms with Crippen LogP contribution in [0.1, 0.15) is 5.56 Å². The molecule has 7 nitrogen and oxygen atoms in total. The molecular formula is C16H23NO6Si. The van der Waals surface area contributed by atoms with E-state index in [2.05, 4.69) is 4.90 Å². The molecule has 0 aromatic heterocycles. The van der Waals surface area contributed by atoms with Crippen LogP contribution in [0.3, 0.4) is 0 Å². The monoisotopic (exact) mass is 353 g/mol. The summed E-state index contributed by atoms with van der Waals surface area (Å²) < 4.78 is 28.2. The molecule has 0 N–H and O–H groups in total. The Morgan fingerprint density at radius 2 is 1.75 bits per heavy atom. The maximum Gasteiger partial charge on any atom is 0.540 e. The van der Waals surface area contributed by atoms with Crippen molar-refractivity contribution in [2.45, 2.75) is 6.92 Å². The number of ether oxygens (including phenoxy) is 2. The zero-order valence-corrected chi connectivity index (χ0v) is 14.9. The number of rotatable bonds is 5. The van der Waals surface area contributed by atoms with Crippen molar-refractivity contribution in [2.24, 2.45) is 0 Å². The number of para-hydroxylation sites is 1. The lowest BCUT2D eigenvalue weighted by Gasteiger charge is -2.37. The second-order valence-electron chi connectivity index (χ2n) is 5.78. The molecule has 0 saturated carbocycles. The van der Waals surface area contributed by atoms with Crippen molar-refractivity contribution in [3.8, 4) is 5.75 Å². The van der Waals surface area contributed by atoms with Crippen molar-refractivity contribution >= 4 is 14.8 Å². The lowest BCUT2D eigenvalue weighted by Crippen LogP contribution is -2.58. The van der Waals surface area contributed by atoms with Gasteiger partial charge in [-0.05, 0) is 18.6 Å². The van der Waals surface area contributed by atoms with Gasteiger partial charge < -0.3 is 22.8 Å². The summed E-state index contributed by atoms with van der Waals surface area (Å²) in [4.78, 5) is 14.2. The molecule has 4 rings (SSSR count). The number of fused-ring (bicyclic) bond motifs is 6. The van der Waals surface area contributed by atoms with E-state index in [4.69, 9.17) is 22.8 Å². The predicted molar refractivity (Wildman–Crippen MR) is 87.7 cm³/mol. The van der Waals surface area contributed by atoms with E-state index in [0.717, 1.165) is 25.2 Å². The second-order valence-corrected chi connectivity index (χ2v) is 8.31. The van der Waals surface area contributed by atoms with E-state index in [1.54, 1.807) is 0 Å². The minimum absolute atomic E-state index is 0.0307. The number of aryl methyl sites for hydroxylation is 1. The Labute approximate surface area is 142 Å². The fraction of sp³-hybridized carbons (Fsp3) is 0.562. The van der Waals surface area contributed by atoms with Crippen LogP contribution < -0.4 is 4.74 Å². The molecule has 2 bridgehead atoms. The third-order valence-electron chi connectivity index (χ3n) is 4.04. The molecule has 0 amide bonds. The van der Waals surface area contributed by atoms with Gasteiger partial charge in [-0.15, -0.1) is 0 Å². The van der Waals surface area contributed by atoms with Crippen LogP contribution in [0.4, 0.5) is 0 Å². The topological polar surface area (TPSA) is 66.5 Å². The fourth-order valence-electron chi connectivity index (χ4n) is 2.64. The van der Waals surface area contributed by atoms with Gasteiger partial charge in [-0.3, -0.25) is 4.90 Å². The molecule has 8 heteroatoms. The van der Waals surface area contributed by atoms with Gasteiger partial charge in [-0.25, -0.2) is 4.79 Å². The van der Waals surface area contributed by atoms with Crippen LogP contribution >= 0.6 is 0 Å². The SMILES string of the molecule is Cc1ccccc1OCC(=O)OC[Si]12OCCN(CCO1)CCO2. The summed E-state index contributed by atoms with van der Waals surface area (Å²) in [6.07, 6.45) is 0.0307. The van der Waals surface area contributed by atoms with Crippen molar-refractivity contribution in [1.82, 2.24) is 4.90 Å². The Bertz CT molecular complexity index is 543. The van der Waals surface area contributed by atoms with Crippen molar-refractivity contribution in [1.29, 1.82) is 0 Å². The molecule has 132 valence electrons. The Morgan fingerprint density at radius 1 is 1.12 bits per heavy atom. The number of nitrogens with zero attached hydrogens (tertiary/aromatic N) is 1. The number of hydrogen-bond donors (Lipinski definition) is 0. The van der Waals surface area contributed by atoms with Crippen LogP contribution in [0.15, 0.2) is 24.3 Å². The van der Waals surface area contributed by atoms with E-state index in [1.165, 1.54) is 0 Å². The maximum atomic E-state index is 12.0. The molecule has 1 aromatic rings. The third kappa shape index (κ3) is 4.55. The molecule has 24 heavy (non-hydrogen) atoms. The highest BCUT2D eigenvalue weighted by molar-refractivity contribution is 6.60. The van der Waals surface area contributed by atoms with E-state index < -0.39 is 14.8 Å². The van der Waals surface area contributed by atoms with Crippen LogP contribution in [0, 0.1) is 6.92 Å². The summed E-state index contributed by atoms with van der Waals surface area (Å²) in [7, 11) is -2.93. The van der Waals surface area contributed by atoms with E-state index >= 15 is 0 Å². The van der Waals surface area contributed by atoms with E-state index in [1.807, 2.05) is 31.2 Å². The first-order chi connectivity index (χ1) is 11.7. The highest BCUT2D eigenvalue weighted by atomic mass is 28.4. The smallest absolute Gasteiger partial charge is 0.482 e. The van der Waals surface area contributed by atoms with Gasteiger partial charge in [0.1, 0.15) is 5.75 Å². The minimum Gasteiger partial charge on any atom is -0.482 e. The molecule has 0 radical (unpaired) electrons. The standard InChI is InChI=1S/C16H23NO6Si/c1-14-4-2-3-5-15(14)19-12-16(18)20-13-24-21-9-6-17(7-10-22-24)8-11-23-24/h2-5H,6-13H2,1H3. The quantitative estimate of drug-likeness (QED) is 0.572. The molecule has 3 aliphatic rings. The zero-order valence-electron chi connectivity index (χ0n) is 13.9. The summed E-state index contributed by atoms with van der Waals surface area (Å²) in [5, 5.41) is 0. The molecule has 0 atom stereocenters. The average molecular weight is 353 g/mol. The third-order valence-corrected chi connectivity index (χ3v) is 6.47. The molecule has 3 fully saturated rings. The molecule has 3 saturated heterocycles. The maximum absolute atomic E-state index is 12.0. The molecular weight excluding hydrogens is 330 g/mol. The Kier molecular flexibility index (Phi) is 5.85. The van der Waals surface area contributed by atoms with Crippen molar-refractivity contribution in [3.63, 3.8) is 0 Å². The number of hydrogen-bond acceptors (Lipinski definition) is 7. The predicted octanol–water partition coefficient (Wildman–Crippen LogP) is 0.774.